The Bertz CT molecular complexity index is 1190. The molecular formula is C23H23N5O4. The molecule has 9 nitrogen and oxygen atoms in total. The van der Waals surface area contributed by atoms with Gasteiger partial charge in [0, 0.05) is 24.8 Å². The number of aliphatic hydroxyl groups is 1. The van der Waals surface area contributed by atoms with Crippen LogP contribution < -0.4 is 10.1 Å². The lowest BCUT2D eigenvalue weighted by atomic mass is 10.00. The summed E-state index contributed by atoms with van der Waals surface area (Å²) in [4.78, 5) is 12.0. The molecule has 2 aromatic carbocycles. The first-order valence-corrected chi connectivity index (χ1v) is 10.1. The minimum Gasteiger partial charge on any atom is -0.492 e. The molecule has 0 radical (unpaired) electrons. The first-order chi connectivity index (χ1) is 15.7. The second-order valence-corrected chi connectivity index (χ2v) is 7.07. The van der Waals surface area contributed by atoms with E-state index < -0.39 is 6.10 Å². The number of hydrogen-bond donors (Lipinski definition) is 2. The van der Waals surface area contributed by atoms with E-state index in [1.807, 2.05) is 36.4 Å². The Hall–Kier alpha value is -3.82. The molecule has 2 aromatic heterocycles. The molecule has 2 N–H and O–H groups in total. The van der Waals surface area contributed by atoms with Gasteiger partial charge in [0.1, 0.15) is 12.4 Å². The number of nitrogens with zero attached hydrogens (tertiary/aromatic N) is 4. The number of tetrazole rings is 1. The van der Waals surface area contributed by atoms with Crippen LogP contribution in [0, 0.1) is 0 Å². The maximum atomic E-state index is 12.0. The van der Waals surface area contributed by atoms with Crippen molar-refractivity contribution in [3.63, 3.8) is 0 Å². The molecule has 0 saturated heterocycles. The minimum absolute atomic E-state index is 0.368. The van der Waals surface area contributed by atoms with Crippen molar-refractivity contribution in [2.75, 3.05) is 26.8 Å². The quantitative estimate of drug-likeness (QED) is 0.306. The van der Waals surface area contributed by atoms with Gasteiger partial charge < -0.3 is 19.9 Å². The number of benzene rings is 2. The van der Waals surface area contributed by atoms with Crippen LogP contribution in [0.5, 0.6) is 5.75 Å². The molecule has 32 heavy (non-hydrogen) atoms. The van der Waals surface area contributed by atoms with Crippen molar-refractivity contribution in [1.82, 2.24) is 25.4 Å². The van der Waals surface area contributed by atoms with Crippen LogP contribution >= 0.6 is 0 Å². The summed E-state index contributed by atoms with van der Waals surface area (Å²) in [7, 11) is 1.37. The van der Waals surface area contributed by atoms with Crippen molar-refractivity contribution in [2.45, 2.75) is 6.10 Å². The fourth-order valence-electron chi connectivity index (χ4n) is 3.31. The Morgan fingerprint density at radius 2 is 1.94 bits per heavy atom. The van der Waals surface area contributed by atoms with Crippen LogP contribution in [0.4, 0.5) is 0 Å². The average Bonchev–Trinajstić information content (AvgIpc) is 3.31. The first-order valence-electron chi connectivity index (χ1n) is 10.1. The number of pyridine rings is 1. The Labute approximate surface area is 184 Å². The van der Waals surface area contributed by atoms with Gasteiger partial charge in [0.15, 0.2) is 5.65 Å². The van der Waals surface area contributed by atoms with Crippen LogP contribution in [0.25, 0.3) is 16.8 Å². The van der Waals surface area contributed by atoms with Gasteiger partial charge >= 0.3 is 5.97 Å². The van der Waals surface area contributed by atoms with Gasteiger partial charge in [-0.15, -0.1) is 5.10 Å². The molecule has 0 saturated carbocycles. The first kappa shape index (κ1) is 21.4. The zero-order chi connectivity index (χ0) is 22.3. The normalized spacial score (nSPS) is 11.9. The summed E-state index contributed by atoms with van der Waals surface area (Å²) in [5.41, 5.74) is 3.58. The molecule has 0 unspecified atom stereocenters. The van der Waals surface area contributed by atoms with Gasteiger partial charge in [0.2, 0.25) is 0 Å². The summed E-state index contributed by atoms with van der Waals surface area (Å²) >= 11 is 0. The standard InChI is InChI=1S/C23H23N5O4/c1-31-23(30)20-5-3-2-4-19(20)16-6-9-18(10-7-16)32-13-12-24-14-21(29)17-8-11-22-25-26-27-28(22)15-17/h2-11,15,21,24,29H,12-14H2,1H3/t21-/m0/s1. The molecular weight excluding hydrogens is 410 g/mol. The topological polar surface area (TPSA) is 111 Å². The van der Waals surface area contributed by atoms with Crippen LogP contribution in [-0.4, -0.2) is 57.9 Å². The van der Waals surface area contributed by atoms with Crippen molar-refractivity contribution in [3.8, 4) is 16.9 Å². The lowest BCUT2D eigenvalue weighted by Gasteiger charge is -2.13. The maximum Gasteiger partial charge on any atom is 0.338 e. The highest BCUT2D eigenvalue weighted by atomic mass is 16.5. The molecule has 1 atom stereocenters. The lowest BCUT2D eigenvalue weighted by molar-refractivity contribution is 0.0601. The molecule has 0 amide bonds. The number of nitrogens with one attached hydrogen (secondary N) is 1. The Morgan fingerprint density at radius 3 is 2.75 bits per heavy atom. The van der Waals surface area contributed by atoms with E-state index in [9.17, 15) is 9.90 Å². The third-order valence-corrected chi connectivity index (χ3v) is 4.98. The molecule has 0 aliphatic rings. The number of aliphatic hydroxyl groups excluding tert-OH is 1. The zero-order valence-electron chi connectivity index (χ0n) is 17.5. The molecule has 0 spiro atoms. The summed E-state index contributed by atoms with van der Waals surface area (Å²) in [6.07, 6.45) is 1.02. The van der Waals surface area contributed by atoms with Crippen molar-refractivity contribution in [1.29, 1.82) is 0 Å². The molecule has 0 bridgehead atoms. The van der Waals surface area contributed by atoms with E-state index in [-0.39, 0.29) is 5.97 Å². The highest BCUT2D eigenvalue weighted by Gasteiger charge is 2.12. The van der Waals surface area contributed by atoms with E-state index in [4.69, 9.17) is 9.47 Å². The third kappa shape index (κ3) is 4.90. The van der Waals surface area contributed by atoms with Gasteiger partial charge in [0.05, 0.1) is 18.8 Å². The number of esters is 1. The monoisotopic (exact) mass is 433 g/mol. The Balaban J connectivity index is 1.26. The molecule has 0 fully saturated rings. The molecule has 164 valence electrons. The van der Waals surface area contributed by atoms with Crippen LogP contribution in [0.1, 0.15) is 22.0 Å². The predicted molar refractivity (Wildman–Crippen MR) is 117 cm³/mol. The van der Waals surface area contributed by atoms with Crippen LogP contribution in [0.15, 0.2) is 66.9 Å². The van der Waals surface area contributed by atoms with Crippen LogP contribution in [-0.2, 0) is 4.74 Å². The number of fused-ring (bicyclic) bond motifs is 1. The van der Waals surface area contributed by atoms with E-state index in [1.54, 1.807) is 30.5 Å². The maximum absolute atomic E-state index is 12.0. The summed E-state index contributed by atoms with van der Waals surface area (Å²) in [5.74, 6) is 0.350. The van der Waals surface area contributed by atoms with Gasteiger partial charge in [-0.3, -0.25) is 0 Å². The zero-order valence-corrected chi connectivity index (χ0v) is 17.5. The van der Waals surface area contributed by atoms with Crippen molar-refractivity contribution >= 4 is 11.6 Å². The SMILES string of the molecule is COC(=O)c1ccccc1-c1ccc(OCCNC[C@H](O)c2ccc3nnnn3c2)cc1. The van der Waals surface area contributed by atoms with E-state index in [2.05, 4.69) is 20.8 Å². The van der Waals surface area contributed by atoms with Crippen LogP contribution in [0.3, 0.4) is 0 Å². The fourth-order valence-corrected chi connectivity index (χ4v) is 3.31. The van der Waals surface area contributed by atoms with E-state index in [0.29, 0.717) is 30.9 Å². The summed E-state index contributed by atoms with van der Waals surface area (Å²) in [5, 5.41) is 24.8. The van der Waals surface area contributed by atoms with Gasteiger partial charge in [-0.2, -0.15) is 0 Å². The smallest absolute Gasteiger partial charge is 0.338 e. The van der Waals surface area contributed by atoms with Crippen LogP contribution in [0.2, 0.25) is 0 Å². The minimum atomic E-state index is -0.683. The van der Waals surface area contributed by atoms with Gasteiger partial charge in [-0.25, -0.2) is 9.31 Å². The second-order valence-electron chi connectivity index (χ2n) is 7.07. The summed E-state index contributed by atoms with van der Waals surface area (Å²) in [6.45, 7) is 1.38. The molecule has 0 aliphatic heterocycles. The van der Waals surface area contributed by atoms with E-state index >= 15 is 0 Å². The molecule has 4 aromatic rings. The predicted octanol–water partition coefficient (Wildman–Crippen LogP) is 2.28. The Morgan fingerprint density at radius 1 is 1.12 bits per heavy atom. The lowest BCUT2D eigenvalue weighted by Crippen LogP contribution is -2.26. The number of methoxy groups -OCH3 is 1. The Kier molecular flexibility index (Phi) is 6.69. The van der Waals surface area contributed by atoms with Crippen molar-refractivity contribution in [2.24, 2.45) is 0 Å². The summed E-state index contributed by atoms with van der Waals surface area (Å²) in [6, 6.07) is 18.4. The highest BCUT2D eigenvalue weighted by Crippen LogP contribution is 2.26. The largest absolute Gasteiger partial charge is 0.492 e. The van der Waals surface area contributed by atoms with E-state index in [0.717, 1.165) is 22.4 Å². The number of hydrogen-bond acceptors (Lipinski definition) is 8. The van der Waals surface area contributed by atoms with Gasteiger partial charge in [-0.1, -0.05) is 36.4 Å². The van der Waals surface area contributed by atoms with Gasteiger partial charge in [0.25, 0.3) is 0 Å². The number of ether oxygens (including phenoxy) is 2. The molecule has 0 aliphatic carbocycles. The highest BCUT2D eigenvalue weighted by molar-refractivity contribution is 5.97. The molecule has 2 heterocycles. The summed E-state index contributed by atoms with van der Waals surface area (Å²) < 4.78 is 12.1. The fraction of sp³-hybridized carbons (Fsp3) is 0.217. The van der Waals surface area contributed by atoms with E-state index in [1.165, 1.54) is 11.6 Å². The number of rotatable bonds is 9. The number of aromatic nitrogens is 4. The molecule has 9 heteroatoms. The van der Waals surface area contributed by atoms with Crippen molar-refractivity contribution in [3.05, 3.63) is 78.0 Å². The number of carbonyl (C=O) groups is 1. The molecule has 4 rings (SSSR count). The third-order valence-electron chi connectivity index (χ3n) is 4.98. The van der Waals surface area contributed by atoms with Crippen molar-refractivity contribution < 1.29 is 19.4 Å². The van der Waals surface area contributed by atoms with Gasteiger partial charge in [-0.05, 0) is 45.8 Å². The number of carbonyl (C=O) groups excluding carboxylic acids is 1. The second kappa shape index (κ2) is 9.99. The average molecular weight is 433 g/mol.